The first-order valence-corrected chi connectivity index (χ1v) is 10.8. The summed E-state index contributed by atoms with van der Waals surface area (Å²) in [5.41, 5.74) is 4.81. The second-order valence-corrected chi connectivity index (χ2v) is 9.55. The lowest BCUT2D eigenvalue weighted by Crippen LogP contribution is -2.12. The van der Waals surface area contributed by atoms with Gasteiger partial charge in [0.05, 0.1) is 16.5 Å². The number of hydrogen-bond acceptors (Lipinski definition) is 4. The molecule has 4 nitrogen and oxygen atoms in total. The van der Waals surface area contributed by atoms with Crippen LogP contribution in [0.25, 0.3) is 11.3 Å². The van der Waals surface area contributed by atoms with E-state index in [2.05, 4.69) is 42.3 Å². The van der Waals surface area contributed by atoms with Gasteiger partial charge in [-0.2, -0.15) is 0 Å². The molecule has 0 saturated carbocycles. The topological polar surface area (TPSA) is 59.1 Å². The van der Waals surface area contributed by atoms with Crippen molar-refractivity contribution in [3.63, 3.8) is 0 Å². The third-order valence-corrected chi connectivity index (χ3v) is 6.51. The van der Waals surface area contributed by atoms with E-state index in [9.17, 15) is 9.00 Å². The summed E-state index contributed by atoms with van der Waals surface area (Å²) in [6, 6.07) is 13.1. The van der Waals surface area contributed by atoms with Gasteiger partial charge in [-0.25, -0.2) is 4.98 Å². The van der Waals surface area contributed by atoms with Crippen molar-refractivity contribution in [2.24, 2.45) is 0 Å². The van der Waals surface area contributed by atoms with Gasteiger partial charge in [-0.3, -0.25) is 14.3 Å². The number of hydrogen-bond donors (Lipinski definition) is 1. The summed E-state index contributed by atoms with van der Waals surface area (Å²) in [7, 11) is -1.06. The Labute approximate surface area is 166 Å². The van der Waals surface area contributed by atoms with E-state index in [0.717, 1.165) is 21.7 Å². The van der Waals surface area contributed by atoms with Gasteiger partial charge in [0.15, 0.2) is 5.13 Å². The molecule has 1 N–H and O–H groups in total. The normalized spacial score (nSPS) is 12.2. The Morgan fingerprint density at radius 1 is 1.11 bits per heavy atom. The average molecular weight is 399 g/mol. The molecule has 0 aliphatic heterocycles. The van der Waals surface area contributed by atoms with Crippen LogP contribution in [0.3, 0.4) is 0 Å². The number of anilines is 1. The van der Waals surface area contributed by atoms with Gasteiger partial charge < -0.3 is 0 Å². The fourth-order valence-electron chi connectivity index (χ4n) is 2.74. The van der Waals surface area contributed by atoms with Crippen molar-refractivity contribution >= 4 is 33.2 Å². The van der Waals surface area contributed by atoms with E-state index in [4.69, 9.17) is 0 Å². The molecule has 0 fully saturated rings. The van der Waals surface area contributed by atoms with Crippen LogP contribution in [0, 0.1) is 13.8 Å². The van der Waals surface area contributed by atoms with Crippen LogP contribution in [0.2, 0.25) is 0 Å². The summed E-state index contributed by atoms with van der Waals surface area (Å²) in [5, 5.41) is 5.39. The molecule has 140 valence electrons. The van der Waals surface area contributed by atoms with Crippen LogP contribution in [0.4, 0.5) is 5.13 Å². The van der Waals surface area contributed by atoms with Crippen molar-refractivity contribution in [2.75, 3.05) is 5.32 Å². The third kappa shape index (κ3) is 4.51. The molecule has 2 aromatic carbocycles. The summed E-state index contributed by atoms with van der Waals surface area (Å²) in [5.74, 6) is -0.224. The molecule has 0 bridgehead atoms. The van der Waals surface area contributed by atoms with Crippen molar-refractivity contribution in [1.29, 1.82) is 0 Å². The maximum atomic E-state index is 12.5. The first kappa shape index (κ1) is 19.5. The second kappa shape index (κ2) is 8.15. The molecular formula is C21H22N2O2S2. The smallest absolute Gasteiger partial charge is 0.257 e. The van der Waals surface area contributed by atoms with Gasteiger partial charge >= 0.3 is 0 Å². The van der Waals surface area contributed by atoms with Crippen LogP contribution in [0.5, 0.6) is 0 Å². The molecule has 1 heterocycles. The zero-order valence-electron chi connectivity index (χ0n) is 15.8. The molecule has 3 rings (SSSR count). The highest BCUT2D eigenvalue weighted by Gasteiger charge is 2.13. The predicted molar refractivity (Wildman–Crippen MR) is 113 cm³/mol. The number of carbonyl (C=O) groups is 1. The molecule has 0 radical (unpaired) electrons. The zero-order valence-corrected chi connectivity index (χ0v) is 17.4. The minimum atomic E-state index is -1.06. The Morgan fingerprint density at radius 2 is 1.81 bits per heavy atom. The van der Waals surface area contributed by atoms with E-state index in [1.165, 1.54) is 16.9 Å². The lowest BCUT2D eigenvalue weighted by molar-refractivity contribution is 0.102. The number of amides is 1. The van der Waals surface area contributed by atoms with E-state index in [1.54, 1.807) is 24.3 Å². The zero-order chi connectivity index (χ0) is 19.6. The summed E-state index contributed by atoms with van der Waals surface area (Å²) in [6.45, 7) is 7.94. The molecule has 1 aromatic heterocycles. The summed E-state index contributed by atoms with van der Waals surface area (Å²) in [6.07, 6.45) is 0. The Morgan fingerprint density at radius 3 is 2.44 bits per heavy atom. The van der Waals surface area contributed by atoms with Crippen LogP contribution in [0.1, 0.15) is 35.3 Å². The molecule has 0 saturated heterocycles. The van der Waals surface area contributed by atoms with Gasteiger partial charge in [0, 0.05) is 26.7 Å². The van der Waals surface area contributed by atoms with Crippen molar-refractivity contribution in [1.82, 2.24) is 4.98 Å². The van der Waals surface area contributed by atoms with Crippen LogP contribution >= 0.6 is 11.3 Å². The maximum Gasteiger partial charge on any atom is 0.257 e. The lowest BCUT2D eigenvalue weighted by Gasteiger charge is -2.07. The predicted octanol–water partition coefficient (Wildman–Crippen LogP) is 5.20. The lowest BCUT2D eigenvalue weighted by atomic mass is 10.0. The van der Waals surface area contributed by atoms with E-state index < -0.39 is 10.8 Å². The fourth-order valence-corrected chi connectivity index (χ4v) is 4.39. The highest BCUT2D eigenvalue weighted by molar-refractivity contribution is 7.85. The number of aryl methyl sites for hydroxylation is 2. The van der Waals surface area contributed by atoms with Crippen molar-refractivity contribution in [3.05, 3.63) is 64.5 Å². The molecular weight excluding hydrogens is 376 g/mol. The number of aromatic nitrogens is 1. The number of nitrogens with zero attached hydrogens (tertiary/aromatic N) is 1. The van der Waals surface area contributed by atoms with Crippen molar-refractivity contribution in [2.45, 2.75) is 37.8 Å². The SMILES string of the molecule is Cc1ccc(-c2csc(NC(=O)c3ccc(S(=O)C(C)C)cc3)n2)c(C)c1. The van der Waals surface area contributed by atoms with Gasteiger partial charge in [0.2, 0.25) is 0 Å². The van der Waals surface area contributed by atoms with Crippen LogP contribution < -0.4 is 5.32 Å². The van der Waals surface area contributed by atoms with Gasteiger partial charge in [-0.05, 0) is 43.7 Å². The van der Waals surface area contributed by atoms with Gasteiger partial charge in [-0.1, -0.05) is 37.6 Å². The van der Waals surface area contributed by atoms with E-state index in [-0.39, 0.29) is 11.2 Å². The molecule has 27 heavy (non-hydrogen) atoms. The second-order valence-electron chi connectivity index (χ2n) is 6.68. The molecule has 1 amide bonds. The monoisotopic (exact) mass is 398 g/mol. The van der Waals surface area contributed by atoms with Crippen molar-refractivity contribution < 1.29 is 9.00 Å². The maximum absolute atomic E-state index is 12.5. The summed E-state index contributed by atoms with van der Waals surface area (Å²) < 4.78 is 12.1. The van der Waals surface area contributed by atoms with Gasteiger partial charge in [-0.15, -0.1) is 11.3 Å². The average Bonchev–Trinajstić information content (AvgIpc) is 3.09. The Balaban J connectivity index is 1.73. The quantitative estimate of drug-likeness (QED) is 0.643. The molecule has 0 spiro atoms. The first-order valence-electron chi connectivity index (χ1n) is 8.70. The van der Waals surface area contributed by atoms with Gasteiger partial charge in [0.25, 0.3) is 5.91 Å². The Bertz CT molecular complexity index is 992. The number of nitrogens with one attached hydrogen (secondary N) is 1. The number of rotatable bonds is 5. The highest BCUT2D eigenvalue weighted by Crippen LogP contribution is 2.28. The van der Waals surface area contributed by atoms with Crippen LogP contribution in [-0.2, 0) is 10.8 Å². The molecule has 0 aliphatic rings. The summed E-state index contributed by atoms with van der Waals surface area (Å²) in [4.78, 5) is 17.7. The molecule has 1 unspecified atom stereocenters. The number of carbonyl (C=O) groups excluding carboxylic acids is 1. The minimum absolute atomic E-state index is 0.0450. The Kier molecular flexibility index (Phi) is 5.87. The van der Waals surface area contributed by atoms with Crippen LogP contribution in [0.15, 0.2) is 52.7 Å². The van der Waals surface area contributed by atoms with E-state index in [0.29, 0.717) is 10.7 Å². The number of thiazole rings is 1. The minimum Gasteiger partial charge on any atom is -0.298 e. The van der Waals surface area contributed by atoms with Gasteiger partial charge in [0.1, 0.15) is 0 Å². The van der Waals surface area contributed by atoms with Crippen LogP contribution in [-0.4, -0.2) is 20.3 Å². The first-order chi connectivity index (χ1) is 12.8. The molecule has 1 atom stereocenters. The number of benzene rings is 2. The standard InChI is InChI=1S/C21H22N2O2S2/c1-13(2)27(25)17-8-6-16(7-9-17)20(24)23-21-22-19(12-26-21)18-10-5-14(3)11-15(18)4/h5-13H,1-4H3,(H,22,23,24). The summed E-state index contributed by atoms with van der Waals surface area (Å²) >= 11 is 1.40. The van der Waals surface area contributed by atoms with Crippen molar-refractivity contribution in [3.8, 4) is 11.3 Å². The highest BCUT2D eigenvalue weighted by atomic mass is 32.2. The molecule has 6 heteroatoms. The van der Waals surface area contributed by atoms with E-state index in [1.807, 2.05) is 19.2 Å². The Hall–Kier alpha value is -2.31. The molecule has 3 aromatic rings. The molecule has 0 aliphatic carbocycles. The third-order valence-electron chi connectivity index (χ3n) is 4.16. The van der Waals surface area contributed by atoms with E-state index >= 15 is 0 Å². The fraction of sp³-hybridized carbons (Fsp3) is 0.238. The largest absolute Gasteiger partial charge is 0.298 e.